The molecule has 31 heavy (non-hydrogen) atoms. The predicted octanol–water partition coefficient (Wildman–Crippen LogP) is 3.60. The van der Waals surface area contributed by atoms with Crippen molar-refractivity contribution >= 4 is 27.8 Å². The van der Waals surface area contributed by atoms with E-state index in [-0.39, 0.29) is 0 Å². The van der Waals surface area contributed by atoms with E-state index >= 15 is 0 Å². The number of nitrogens with one attached hydrogen (secondary N) is 2. The van der Waals surface area contributed by atoms with Crippen LogP contribution in [-0.4, -0.2) is 40.1 Å². The number of H-pyrrole nitrogens is 2. The molecule has 0 radical (unpaired) electrons. The highest BCUT2D eigenvalue weighted by Gasteiger charge is 2.16. The number of hydrogen-bond donors (Lipinski definition) is 3. The molecule has 0 aromatic carbocycles. The van der Waals surface area contributed by atoms with Gasteiger partial charge >= 0.3 is 0 Å². The summed E-state index contributed by atoms with van der Waals surface area (Å²) in [6.07, 6.45) is 10.4. The molecule has 4 N–H and O–H groups in total. The van der Waals surface area contributed by atoms with Crippen LogP contribution in [0, 0.1) is 0 Å². The molecule has 0 amide bonds. The van der Waals surface area contributed by atoms with Crippen molar-refractivity contribution in [1.29, 1.82) is 0 Å². The maximum absolute atomic E-state index is 5.88. The Morgan fingerprint density at radius 2 is 1.81 bits per heavy atom. The molecule has 0 aliphatic rings. The van der Waals surface area contributed by atoms with Crippen molar-refractivity contribution < 1.29 is 0 Å². The number of nitrogen functional groups attached to an aromatic ring is 1. The zero-order chi connectivity index (χ0) is 20.8. The summed E-state index contributed by atoms with van der Waals surface area (Å²) < 4.78 is 0. The van der Waals surface area contributed by atoms with E-state index in [9.17, 15) is 0 Å². The number of hydrogen-bond acceptors (Lipinski definition) is 7. The van der Waals surface area contributed by atoms with Crippen molar-refractivity contribution in [2.45, 2.75) is 0 Å². The lowest BCUT2D eigenvalue weighted by atomic mass is 10.1. The summed E-state index contributed by atoms with van der Waals surface area (Å²) in [4.78, 5) is 25.4. The molecule has 0 saturated heterocycles. The number of imidazole rings is 1. The molecule has 9 nitrogen and oxygen atoms in total. The first-order valence-corrected chi connectivity index (χ1v) is 9.57. The summed E-state index contributed by atoms with van der Waals surface area (Å²) >= 11 is 0. The molecule has 6 aromatic rings. The second-order valence-electron chi connectivity index (χ2n) is 7.08. The van der Waals surface area contributed by atoms with Crippen LogP contribution in [0.4, 0.5) is 5.69 Å². The van der Waals surface area contributed by atoms with E-state index in [1.54, 1.807) is 31.0 Å². The number of nitrogens with zero attached hydrogens (tertiary/aromatic N) is 6. The lowest BCUT2D eigenvalue weighted by Gasteiger charge is -2.02. The second kappa shape index (κ2) is 6.70. The maximum Gasteiger partial charge on any atom is 0.178 e. The molecule has 9 heteroatoms. The normalized spacial score (nSPS) is 11.4. The molecule has 0 unspecified atom stereocenters. The summed E-state index contributed by atoms with van der Waals surface area (Å²) in [7, 11) is 0. The summed E-state index contributed by atoms with van der Waals surface area (Å²) in [6, 6.07) is 9.64. The number of anilines is 1. The Kier molecular flexibility index (Phi) is 3.72. The SMILES string of the molecule is Nc1cncc(-c2cc3c(-c4nc5nccc(-c6cccnc6)c5[nH]4)n[nH]c3cn2)c1. The maximum atomic E-state index is 5.88. The number of pyridine rings is 4. The van der Waals surface area contributed by atoms with Gasteiger partial charge in [0.05, 0.1) is 28.6 Å². The first-order valence-electron chi connectivity index (χ1n) is 9.57. The third-order valence-corrected chi connectivity index (χ3v) is 5.09. The molecular formula is C22H15N9. The summed E-state index contributed by atoms with van der Waals surface area (Å²) in [5, 5.41) is 8.38. The van der Waals surface area contributed by atoms with Gasteiger partial charge in [-0.15, -0.1) is 0 Å². The fourth-order valence-electron chi connectivity index (χ4n) is 3.64. The van der Waals surface area contributed by atoms with Crippen molar-refractivity contribution in [2.75, 3.05) is 5.73 Å². The van der Waals surface area contributed by atoms with Gasteiger partial charge in [-0.3, -0.25) is 20.1 Å². The first-order chi connectivity index (χ1) is 15.3. The van der Waals surface area contributed by atoms with Gasteiger partial charge in [0, 0.05) is 53.1 Å². The van der Waals surface area contributed by atoms with Gasteiger partial charge in [-0.2, -0.15) is 5.10 Å². The van der Waals surface area contributed by atoms with Crippen LogP contribution in [-0.2, 0) is 0 Å². The van der Waals surface area contributed by atoms with Gasteiger partial charge in [0.2, 0.25) is 0 Å². The largest absolute Gasteiger partial charge is 0.397 e. The minimum Gasteiger partial charge on any atom is -0.397 e. The van der Waals surface area contributed by atoms with Crippen LogP contribution in [0.3, 0.4) is 0 Å². The van der Waals surface area contributed by atoms with Crippen LogP contribution in [0.25, 0.3) is 56.0 Å². The Morgan fingerprint density at radius 3 is 2.68 bits per heavy atom. The highest BCUT2D eigenvalue weighted by atomic mass is 15.1. The van der Waals surface area contributed by atoms with E-state index in [0.717, 1.165) is 38.8 Å². The number of nitrogens with two attached hydrogens (primary N) is 1. The van der Waals surface area contributed by atoms with Crippen LogP contribution < -0.4 is 5.73 Å². The number of aromatic nitrogens is 8. The zero-order valence-corrected chi connectivity index (χ0v) is 16.1. The van der Waals surface area contributed by atoms with Crippen molar-refractivity contribution in [2.24, 2.45) is 0 Å². The summed E-state index contributed by atoms with van der Waals surface area (Å²) in [5.41, 5.74) is 12.9. The second-order valence-corrected chi connectivity index (χ2v) is 7.08. The van der Waals surface area contributed by atoms with E-state index < -0.39 is 0 Å². The van der Waals surface area contributed by atoms with Crippen LogP contribution in [0.5, 0.6) is 0 Å². The van der Waals surface area contributed by atoms with Gasteiger partial charge in [-0.25, -0.2) is 9.97 Å². The highest BCUT2D eigenvalue weighted by Crippen LogP contribution is 2.31. The van der Waals surface area contributed by atoms with E-state index in [1.807, 2.05) is 36.5 Å². The fourth-order valence-corrected chi connectivity index (χ4v) is 3.64. The van der Waals surface area contributed by atoms with Crippen LogP contribution >= 0.6 is 0 Å². The molecule has 0 aliphatic carbocycles. The lowest BCUT2D eigenvalue weighted by molar-refractivity contribution is 1.10. The monoisotopic (exact) mass is 405 g/mol. The average molecular weight is 405 g/mol. The molecule has 6 heterocycles. The molecule has 0 atom stereocenters. The molecular weight excluding hydrogens is 390 g/mol. The van der Waals surface area contributed by atoms with Gasteiger partial charge in [-0.1, -0.05) is 6.07 Å². The average Bonchev–Trinajstić information content (AvgIpc) is 3.43. The van der Waals surface area contributed by atoms with Crippen LogP contribution in [0.2, 0.25) is 0 Å². The molecule has 6 aromatic heterocycles. The molecule has 0 spiro atoms. The zero-order valence-electron chi connectivity index (χ0n) is 16.1. The first kappa shape index (κ1) is 17.2. The fraction of sp³-hybridized carbons (Fsp3) is 0. The van der Waals surface area contributed by atoms with E-state index in [2.05, 4.69) is 40.1 Å². The molecule has 0 fully saturated rings. The van der Waals surface area contributed by atoms with E-state index in [0.29, 0.717) is 22.9 Å². The molecule has 148 valence electrons. The van der Waals surface area contributed by atoms with Crippen molar-refractivity contribution in [3.63, 3.8) is 0 Å². The topological polar surface area (TPSA) is 135 Å². The number of aromatic amines is 2. The minimum absolute atomic E-state index is 0.582. The van der Waals surface area contributed by atoms with Gasteiger partial charge in [0.25, 0.3) is 0 Å². The van der Waals surface area contributed by atoms with Gasteiger partial charge < -0.3 is 10.7 Å². The third kappa shape index (κ3) is 2.87. The summed E-state index contributed by atoms with van der Waals surface area (Å²) in [6.45, 7) is 0. The molecule has 0 saturated carbocycles. The van der Waals surface area contributed by atoms with Gasteiger partial charge in [0.15, 0.2) is 11.5 Å². The Labute approximate surface area is 175 Å². The minimum atomic E-state index is 0.582. The number of fused-ring (bicyclic) bond motifs is 2. The van der Waals surface area contributed by atoms with Crippen LogP contribution in [0.15, 0.2) is 67.5 Å². The lowest BCUT2D eigenvalue weighted by Crippen LogP contribution is -1.90. The Balaban J connectivity index is 1.51. The van der Waals surface area contributed by atoms with Crippen molar-refractivity contribution in [3.05, 3.63) is 67.5 Å². The van der Waals surface area contributed by atoms with Gasteiger partial charge in [0.1, 0.15) is 5.69 Å². The van der Waals surface area contributed by atoms with Crippen molar-refractivity contribution in [1.82, 2.24) is 40.1 Å². The number of rotatable bonds is 3. The third-order valence-electron chi connectivity index (χ3n) is 5.09. The standard InChI is InChI=1S/C22H15N9/c23-14-6-13(9-25-10-14)17-7-16-18(11-27-17)30-31-20(16)22-28-19-15(3-5-26-21(19)29-22)12-2-1-4-24-8-12/h1-11H,23H2,(H,30,31)(H,26,28,29). The predicted molar refractivity (Wildman–Crippen MR) is 118 cm³/mol. The van der Waals surface area contributed by atoms with E-state index in [1.165, 1.54) is 0 Å². The summed E-state index contributed by atoms with van der Waals surface area (Å²) in [5.74, 6) is 0.618. The quantitative estimate of drug-likeness (QED) is 0.409. The smallest absolute Gasteiger partial charge is 0.178 e. The Hall–Kier alpha value is -4.66. The van der Waals surface area contributed by atoms with Gasteiger partial charge in [-0.05, 0) is 24.3 Å². The molecule has 6 rings (SSSR count). The Bertz CT molecular complexity index is 1550. The highest BCUT2D eigenvalue weighted by molar-refractivity contribution is 5.96. The van der Waals surface area contributed by atoms with E-state index in [4.69, 9.17) is 5.73 Å². The van der Waals surface area contributed by atoms with Crippen molar-refractivity contribution in [3.8, 4) is 33.9 Å². The molecule has 0 bridgehead atoms. The van der Waals surface area contributed by atoms with Crippen LogP contribution in [0.1, 0.15) is 0 Å². The molecule has 0 aliphatic heterocycles. The Morgan fingerprint density at radius 1 is 0.871 bits per heavy atom.